The van der Waals surface area contributed by atoms with E-state index in [0.29, 0.717) is 11.4 Å². The molecular formula is C21H23FN2O3S. The summed E-state index contributed by atoms with van der Waals surface area (Å²) in [4.78, 5) is 14.9. The number of morpholine rings is 1. The number of anilines is 1. The summed E-state index contributed by atoms with van der Waals surface area (Å²) < 4.78 is 24.1. The molecule has 1 heterocycles. The minimum absolute atomic E-state index is 0.139. The first kappa shape index (κ1) is 20.2. The third-order valence-electron chi connectivity index (χ3n) is 4.31. The number of hydrogen-bond donors (Lipinski definition) is 1. The van der Waals surface area contributed by atoms with E-state index in [1.807, 2.05) is 26.0 Å². The highest BCUT2D eigenvalue weighted by molar-refractivity contribution is 7.80. The number of halogens is 1. The van der Waals surface area contributed by atoms with Gasteiger partial charge in [0.25, 0.3) is 5.91 Å². The predicted molar refractivity (Wildman–Crippen MR) is 110 cm³/mol. The molecule has 2 aromatic carbocycles. The Balaban J connectivity index is 1.52. The number of ether oxygens (including phenoxy) is 2. The van der Waals surface area contributed by atoms with Crippen LogP contribution < -0.4 is 10.1 Å². The molecule has 1 saturated heterocycles. The van der Waals surface area contributed by atoms with Crippen molar-refractivity contribution in [1.82, 2.24) is 4.90 Å². The maximum Gasteiger partial charge on any atom is 0.262 e. The molecule has 0 aliphatic carbocycles. The maximum atomic E-state index is 12.9. The Kier molecular flexibility index (Phi) is 6.59. The lowest BCUT2D eigenvalue weighted by Gasteiger charge is -2.37. The molecule has 5 nitrogen and oxygen atoms in total. The molecule has 1 amide bonds. The van der Waals surface area contributed by atoms with Crippen LogP contribution in [0.15, 0.2) is 48.5 Å². The van der Waals surface area contributed by atoms with Gasteiger partial charge in [0.1, 0.15) is 16.6 Å². The quantitative estimate of drug-likeness (QED) is 0.774. The Hall–Kier alpha value is -2.51. The predicted octanol–water partition coefficient (Wildman–Crippen LogP) is 3.63. The normalized spacial score (nSPS) is 19.2. The minimum atomic E-state index is -0.353. The van der Waals surface area contributed by atoms with Crippen molar-refractivity contribution in [3.63, 3.8) is 0 Å². The monoisotopic (exact) mass is 402 g/mol. The Morgan fingerprint density at radius 3 is 2.36 bits per heavy atom. The van der Waals surface area contributed by atoms with Crippen molar-refractivity contribution in [2.75, 3.05) is 25.0 Å². The molecule has 28 heavy (non-hydrogen) atoms. The number of amides is 1. The SMILES string of the molecule is C[C@@H]1CN(C(=S)c2ccc(OCC(=O)Nc3ccc(F)cc3)cc2)C[C@@H](C)O1. The molecule has 0 radical (unpaired) electrons. The zero-order valence-corrected chi connectivity index (χ0v) is 16.7. The summed E-state index contributed by atoms with van der Waals surface area (Å²) in [6, 6.07) is 12.9. The number of rotatable bonds is 5. The van der Waals surface area contributed by atoms with Gasteiger partial charge in [0.05, 0.1) is 12.2 Å². The Labute approximate surface area is 169 Å². The summed E-state index contributed by atoms with van der Waals surface area (Å²) in [5.74, 6) is -0.0970. The standard InChI is InChI=1S/C21H23FN2O3S/c1-14-11-24(12-15(2)27-14)21(28)16-3-9-19(10-4-16)26-13-20(25)23-18-7-5-17(22)6-8-18/h3-10,14-15H,11-13H2,1-2H3,(H,23,25)/t14-,15-/m1/s1. The highest BCUT2D eigenvalue weighted by Crippen LogP contribution is 2.18. The first-order valence-electron chi connectivity index (χ1n) is 9.13. The van der Waals surface area contributed by atoms with E-state index in [1.165, 1.54) is 24.3 Å². The number of carbonyl (C=O) groups is 1. The fourth-order valence-electron chi connectivity index (χ4n) is 3.10. The van der Waals surface area contributed by atoms with E-state index in [9.17, 15) is 9.18 Å². The lowest BCUT2D eigenvalue weighted by atomic mass is 10.1. The average molecular weight is 402 g/mol. The molecule has 148 valence electrons. The summed E-state index contributed by atoms with van der Waals surface area (Å²) in [6.45, 7) is 5.48. The number of hydrogen-bond acceptors (Lipinski definition) is 4. The molecule has 3 rings (SSSR count). The van der Waals surface area contributed by atoms with Gasteiger partial charge >= 0.3 is 0 Å². The Morgan fingerprint density at radius 1 is 1.14 bits per heavy atom. The fraction of sp³-hybridized carbons (Fsp3) is 0.333. The number of nitrogens with zero attached hydrogens (tertiary/aromatic N) is 1. The lowest BCUT2D eigenvalue weighted by molar-refractivity contribution is -0.118. The van der Waals surface area contributed by atoms with Crippen LogP contribution in [0.3, 0.4) is 0 Å². The zero-order chi connectivity index (χ0) is 20.1. The van der Waals surface area contributed by atoms with Crippen LogP contribution in [0.25, 0.3) is 0 Å². The van der Waals surface area contributed by atoms with E-state index in [0.717, 1.165) is 23.6 Å². The summed E-state index contributed by atoms with van der Waals surface area (Å²) in [7, 11) is 0. The number of nitrogens with one attached hydrogen (secondary N) is 1. The highest BCUT2D eigenvalue weighted by atomic mass is 32.1. The van der Waals surface area contributed by atoms with Crippen LogP contribution in [0.4, 0.5) is 10.1 Å². The molecule has 0 unspecified atom stereocenters. The van der Waals surface area contributed by atoms with E-state index in [4.69, 9.17) is 21.7 Å². The smallest absolute Gasteiger partial charge is 0.262 e. The van der Waals surface area contributed by atoms with Gasteiger partial charge in [0.2, 0.25) is 0 Å². The van der Waals surface area contributed by atoms with Crippen LogP contribution in [0.2, 0.25) is 0 Å². The second kappa shape index (κ2) is 9.12. The van der Waals surface area contributed by atoms with Gasteiger partial charge in [0, 0.05) is 24.3 Å². The molecule has 0 spiro atoms. The van der Waals surface area contributed by atoms with Crippen molar-refractivity contribution in [1.29, 1.82) is 0 Å². The van der Waals surface area contributed by atoms with Gasteiger partial charge in [-0.25, -0.2) is 4.39 Å². The zero-order valence-electron chi connectivity index (χ0n) is 15.9. The van der Waals surface area contributed by atoms with Gasteiger partial charge in [-0.15, -0.1) is 0 Å². The summed E-state index contributed by atoms with van der Waals surface area (Å²) in [5, 5.41) is 2.65. The third-order valence-corrected chi connectivity index (χ3v) is 4.80. The molecule has 1 aliphatic heterocycles. The molecule has 1 aliphatic rings. The third kappa shape index (κ3) is 5.50. The minimum Gasteiger partial charge on any atom is -0.484 e. The van der Waals surface area contributed by atoms with Crippen LogP contribution in [-0.2, 0) is 9.53 Å². The van der Waals surface area contributed by atoms with E-state index < -0.39 is 0 Å². The van der Waals surface area contributed by atoms with Gasteiger partial charge in [-0.2, -0.15) is 0 Å². The molecule has 0 bridgehead atoms. The molecule has 0 aromatic heterocycles. The van der Waals surface area contributed by atoms with Crippen molar-refractivity contribution < 1.29 is 18.7 Å². The fourth-order valence-corrected chi connectivity index (χ4v) is 3.38. The van der Waals surface area contributed by atoms with Gasteiger partial charge in [-0.05, 0) is 62.4 Å². The van der Waals surface area contributed by atoms with Crippen molar-refractivity contribution in [3.05, 3.63) is 59.9 Å². The van der Waals surface area contributed by atoms with Gasteiger partial charge < -0.3 is 19.7 Å². The molecule has 1 fully saturated rings. The molecule has 1 N–H and O–H groups in total. The van der Waals surface area contributed by atoms with Crippen LogP contribution in [0.5, 0.6) is 5.75 Å². The maximum absolute atomic E-state index is 12.9. The molecule has 2 atom stereocenters. The van der Waals surface area contributed by atoms with Crippen molar-refractivity contribution in [2.24, 2.45) is 0 Å². The van der Waals surface area contributed by atoms with E-state index in [1.54, 1.807) is 12.1 Å². The molecule has 0 saturated carbocycles. The molecular weight excluding hydrogens is 379 g/mol. The van der Waals surface area contributed by atoms with E-state index in [2.05, 4.69) is 10.2 Å². The van der Waals surface area contributed by atoms with Gasteiger partial charge in [-0.3, -0.25) is 4.79 Å². The van der Waals surface area contributed by atoms with Crippen LogP contribution in [-0.4, -0.2) is 47.7 Å². The number of carbonyl (C=O) groups excluding carboxylic acids is 1. The average Bonchev–Trinajstić information content (AvgIpc) is 2.67. The van der Waals surface area contributed by atoms with E-state index >= 15 is 0 Å². The number of benzene rings is 2. The summed E-state index contributed by atoms with van der Waals surface area (Å²) in [6.07, 6.45) is 0.285. The highest BCUT2D eigenvalue weighted by Gasteiger charge is 2.24. The largest absolute Gasteiger partial charge is 0.484 e. The van der Waals surface area contributed by atoms with Crippen LogP contribution >= 0.6 is 12.2 Å². The van der Waals surface area contributed by atoms with E-state index in [-0.39, 0.29) is 30.5 Å². The van der Waals surface area contributed by atoms with Crippen molar-refractivity contribution >= 4 is 28.8 Å². The van der Waals surface area contributed by atoms with Crippen molar-refractivity contribution in [2.45, 2.75) is 26.1 Å². The second-order valence-corrected chi connectivity index (χ2v) is 7.22. The van der Waals surface area contributed by atoms with Crippen LogP contribution in [0.1, 0.15) is 19.4 Å². The molecule has 2 aromatic rings. The Morgan fingerprint density at radius 2 is 1.75 bits per heavy atom. The van der Waals surface area contributed by atoms with Gasteiger partial charge in [-0.1, -0.05) is 12.2 Å². The first-order valence-corrected chi connectivity index (χ1v) is 9.54. The second-order valence-electron chi connectivity index (χ2n) is 6.84. The lowest BCUT2D eigenvalue weighted by Crippen LogP contribution is -2.47. The topological polar surface area (TPSA) is 50.8 Å². The molecule has 7 heteroatoms. The van der Waals surface area contributed by atoms with Crippen molar-refractivity contribution in [3.8, 4) is 5.75 Å². The first-order chi connectivity index (χ1) is 13.4. The summed E-state index contributed by atoms with van der Waals surface area (Å²) >= 11 is 5.62. The summed E-state index contributed by atoms with van der Waals surface area (Å²) in [5.41, 5.74) is 1.45. The van der Waals surface area contributed by atoms with Gasteiger partial charge in [0.15, 0.2) is 6.61 Å². The Bertz CT molecular complexity index is 817. The van der Waals surface area contributed by atoms with Crippen LogP contribution in [0, 0.1) is 5.82 Å². The number of thiocarbonyl (C=S) groups is 1.